The summed E-state index contributed by atoms with van der Waals surface area (Å²) >= 11 is 0. The van der Waals surface area contributed by atoms with E-state index in [2.05, 4.69) is 104 Å². The van der Waals surface area contributed by atoms with Crippen LogP contribution in [0, 0.1) is 13.8 Å². The van der Waals surface area contributed by atoms with E-state index in [1.165, 1.54) is 49.8 Å². The van der Waals surface area contributed by atoms with Crippen molar-refractivity contribution in [1.29, 1.82) is 0 Å². The Morgan fingerprint density at radius 3 is 2.29 bits per heavy atom. The lowest BCUT2D eigenvalue weighted by Crippen LogP contribution is -2.49. The Balaban J connectivity index is 1.95. The highest BCUT2D eigenvalue weighted by molar-refractivity contribution is 7.01. The molecule has 0 amide bonds. The minimum Gasteiger partial charge on any atom is -0.311 e. The third-order valence-corrected chi connectivity index (χ3v) is 6.00. The second kappa shape index (κ2) is 6.42. The summed E-state index contributed by atoms with van der Waals surface area (Å²) in [6, 6.07) is 26.3. The smallest absolute Gasteiger partial charge is 0.247 e. The molecule has 1 aromatic heterocycles. The summed E-state index contributed by atoms with van der Waals surface area (Å²) in [4.78, 5) is 0. The van der Waals surface area contributed by atoms with Gasteiger partial charge in [0.25, 0.3) is 0 Å². The molecule has 134 valence electrons. The fraction of sp³-hybridized carbons (Fsp3) is 0.0769. The SMILES string of the molecule is C=C/C=C1/B(c2ccccc2C)c2ccccc2-n2c1c(C)c1ccccc12. The van der Waals surface area contributed by atoms with Crippen molar-refractivity contribution in [3.8, 4) is 5.69 Å². The van der Waals surface area contributed by atoms with Crippen LogP contribution in [0.3, 0.4) is 0 Å². The first kappa shape index (κ1) is 16.9. The van der Waals surface area contributed by atoms with E-state index < -0.39 is 0 Å². The number of hydrogen-bond acceptors (Lipinski definition) is 0. The molecular weight excluding hydrogens is 337 g/mol. The van der Waals surface area contributed by atoms with E-state index in [0.29, 0.717) is 0 Å². The minimum atomic E-state index is 0.200. The van der Waals surface area contributed by atoms with Crippen molar-refractivity contribution >= 4 is 34.0 Å². The lowest BCUT2D eigenvalue weighted by atomic mass is 9.33. The quantitative estimate of drug-likeness (QED) is 0.445. The third-order valence-electron chi connectivity index (χ3n) is 6.00. The van der Waals surface area contributed by atoms with Crippen molar-refractivity contribution < 1.29 is 0 Å². The van der Waals surface area contributed by atoms with Gasteiger partial charge in [-0.3, -0.25) is 0 Å². The fourth-order valence-corrected chi connectivity index (χ4v) is 4.78. The average Bonchev–Trinajstić information content (AvgIpc) is 3.03. The van der Waals surface area contributed by atoms with Crippen LogP contribution in [0.4, 0.5) is 0 Å². The molecule has 0 bridgehead atoms. The van der Waals surface area contributed by atoms with Crippen molar-refractivity contribution in [1.82, 2.24) is 4.57 Å². The van der Waals surface area contributed by atoms with Gasteiger partial charge in [0.05, 0.1) is 5.52 Å². The molecule has 1 aliphatic heterocycles. The van der Waals surface area contributed by atoms with E-state index in [9.17, 15) is 0 Å². The van der Waals surface area contributed by atoms with Crippen molar-refractivity contribution in [2.24, 2.45) is 0 Å². The van der Waals surface area contributed by atoms with Crippen LogP contribution < -0.4 is 10.9 Å². The van der Waals surface area contributed by atoms with Crippen LogP contribution in [0.5, 0.6) is 0 Å². The number of nitrogens with zero attached hydrogens (tertiary/aromatic N) is 1. The summed E-state index contributed by atoms with van der Waals surface area (Å²) in [7, 11) is 0. The zero-order valence-electron chi connectivity index (χ0n) is 16.3. The zero-order chi connectivity index (χ0) is 19.3. The first-order valence-corrected chi connectivity index (χ1v) is 9.80. The maximum atomic E-state index is 4.03. The molecule has 3 aromatic carbocycles. The van der Waals surface area contributed by atoms with Gasteiger partial charge in [0, 0.05) is 16.8 Å². The highest BCUT2D eigenvalue weighted by atomic mass is 15.0. The predicted octanol–water partition coefficient (Wildman–Crippen LogP) is 4.98. The molecule has 0 unspecified atom stereocenters. The van der Waals surface area contributed by atoms with E-state index in [1.807, 2.05) is 6.08 Å². The molecule has 2 heterocycles. The lowest BCUT2D eigenvalue weighted by Gasteiger charge is -2.30. The van der Waals surface area contributed by atoms with E-state index in [1.54, 1.807) is 0 Å². The maximum absolute atomic E-state index is 4.03. The standard InChI is InChI=1S/C26H22BN/c1-4-11-23-26-19(3)20-13-6-9-16-24(20)28(26)25-17-10-8-15-22(25)27(23)21-14-7-5-12-18(21)2/h4-17H,1H2,2-3H3/b23-11+. The molecule has 0 atom stereocenters. The van der Waals surface area contributed by atoms with Gasteiger partial charge in [-0.2, -0.15) is 0 Å². The largest absolute Gasteiger partial charge is 0.311 e. The molecule has 0 aliphatic carbocycles. The molecule has 28 heavy (non-hydrogen) atoms. The summed E-state index contributed by atoms with van der Waals surface area (Å²) in [5.74, 6) is 0. The Kier molecular flexibility index (Phi) is 3.87. The van der Waals surface area contributed by atoms with Crippen LogP contribution in [0.15, 0.2) is 91.5 Å². The van der Waals surface area contributed by atoms with E-state index >= 15 is 0 Å². The molecule has 0 saturated heterocycles. The topological polar surface area (TPSA) is 4.93 Å². The second-order valence-electron chi connectivity index (χ2n) is 7.53. The number of benzene rings is 3. The normalized spacial score (nSPS) is 14.2. The van der Waals surface area contributed by atoms with Crippen molar-refractivity contribution in [2.45, 2.75) is 13.8 Å². The molecule has 0 spiro atoms. The molecule has 0 fully saturated rings. The maximum Gasteiger partial charge on any atom is 0.247 e. The lowest BCUT2D eigenvalue weighted by molar-refractivity contribution is 1.09. The van der Waals surface area contributed by atoms with Gasteiger partial charge >= 0.3 is 0 Å². The van der Waals surface area contributed by atoms with Crippen LogP contribution in [0.1, 0.15) is 16.8 Å². The number of hydrogen-bond donors (Lipinski definition) is 0. The third kappa shape index (κ3) is 2.28. The summed E-state index contributed by atoms with van der Waals surface area (Å²) in [5, 5.41) is 1.31. The average molecular weight is 359 g/mol. The molecular formula is C26H22BN. The highest BCUT2D eigenvalue weighted by Crippen LogP contribution is 2.37. The molecule has 1 nitrogen and oxygen atoms in total. The summed E-state index contributed by atoms with van der Waals surface area (Å²) in [5.41, 5.74) is 10.5. The summed E-state index contributed by atoms with van der Waals surface area (Å²) in [6.45, 7) is 8.68. The van der Waals surface area contributed by atoms with E-state index in [-0.39, 0.29) is 6.71 Å². The van der Waals surface area contributed by atoms with Gasteiger partial charge in [0.1, 0.15) is 0 Å². The zero-order valence-corrected chi connectivity index (χ0v) is 16.3. The van der Waals surface area contributed by atoms with Gasteiger partial charge in [-0.05, 0) is 42.5 Å². The first-order chi connectivity index (χ1) is 13.7. The number of rotatable bonds is 2. The van der Waals surface area contributed by atoms with Gasteiger partial charge in [0.15, 0.2) is 0 Å². The Hall–Kier alpha value is -3.26. The number of para-hydroxylation sites is 2. The first-order valence-electron chi connectivity index (χ1n) is 9.80. The van der Waals surface area contributed by atoms with Crippen LogP contribution in [-0.4, -0.2) is 11.3 Å². The van der Waals surface area contributed by atoms with Gasteiger partial charge in [-0.25, -0.2) is 0 Å². The van der Waals surface area contributed by atoms with Crippen molar-refractivity contribution in [3.05, 3.63) is 108 Å². The number of aromatic nitrogens is 1. The molecule has 0 radical (unpaired) electrons. The predicted molar refractivity (Wildman–Crippen MR) is 122 cm³/mol. The Labute approximate surface area is 166 Å². The van der Waals surface area contributed by atoms with Crippen LogP contribution in [0.25, 0.3) is 22.1 Å². The number of fused-ring (bicyclic) bond motifs is 5. The summed E-state index contributed by atoms with van der Waals surface area (Å²) < 4.78 is 2.43. The molecule has 5 rings (SSSR count). The van der Waals surface area contributed by atoms with Crippen molar-refractivity contribution in [2.75, 3.05) is 0 Å². The van der Waals surface area contributed by atoms with Crippen molar-refractivity contribution in [3.63, 3.8) is 0 Å². The molecule has 2 heteroatoms. The Bertz CT molecular complexity index is 1260. The van der Waals surface area contributed by atoms with Gasteiger partial charge in [0.2, 0.25) is 6.71 Å². The number of allylic oxidation sites excluding steroid dienone is 2. The van der Waals surface area contributed by atoms with E-state index in [4.69, 9.17) is 0 Å². The van der Waals surface area contributed by atoms with Crippen LogP contribution >= 0.6 is 0 Å². The van der Waals surface area contributed by atoms with Gasteiger partial charge in [-0.1, -0.05) is 90.4 Å². The van der Waals surface area contributed by atoms with E-state index in [0.717, 1.165) is 0 Å². The second-order valence-corrected chi connectivity index (χ2v) is 7.53. The monoisotopic (exact) mass is 359 g/mol. The van der Waals surface area contributed by atoms with Crippen LogP contribution in [-0.2, 0) is 0 Å². The fourth-order valence-electron chi connectivity index (χ4n) is 4.78. The minimum absolute atomic E-state index is 0.200. The van der Waals surface area contributed by atoms with Gasteiger partial charge in [-0.15, -0.1) is 0 Å². The molecule has 0 saturated carbocycles. The summed E-state index contributed by atoms with van der Waals surface area (Å²) in [6.07, 6.45) is 4.13. The Morgan fingerprint density at radius 1 is 0.821 bits per heavy atom. The Morgan fingerprint density at radius 2 is 1.50 bits per heavy atom. The highest BCUT2D eigenvalue weighted by Gasteiger charge is 2.36. The van der Waals surface area contributed by atoms with Crippen LogP contribution in [0.2, 0.25) is 0 Å². The van der Waals surface area contributed by atoms with Gasteiger partial charge < -0.3 is 4.57 Å². The molecule has 1 aliphatic rings. The number of aryl methyl sites for hydroxylation is 2. The molecule has 0 N–H and O–H groups in total. The molecule has 4 aromatic rings.